The van der Waals surface area contributed by atoms with Crippen LogP contribution in [0.15, 0.2) is 17.3 Å². The Bertz CT molecular complexity index is 375. The van der Waals surface area contributed by atoms with Crippen molar-refractivity contribution in [1.29, 1.82) is 0 Å². The first-order valence-corrected chi connectivity index (χ1v) is 6.75. The van der Waals surface area contributed by atoms with Crippen molar-refractivity contribution < 1.29 is 13.5 Å². The van der Waals surface area contributed by atoms with Crippen molar-refractivity contribution in [3.63, 3.8) is 0 Å². The number of sulfonamides is 1. The molecule has 0 radical (unpaired) electrons. The van der Waals surface area contributed by atoms with E-state index >= 15 is 0 Å². The molecule has 0 saturated heterocycles. The molecule has 92 valence electrons. The number of H-pyrrole nitrogens is 1. The number of aromatic amines is 1. The molecule has 0 amide bonds. The van der Waals surface area contributed by atoms with Crippen LogP contribution in [0.3, 0.4) is 0 Å². The Morgan fingerprint density at radius 1 is 1.31 bits per heavy atom. The van der Waals surface area contributed by atoms with Gasteiger partial charge in [0.2, 0.25) is 0 Å². The van der Waals surface area contributed by atoms with Gasteiger partial charge < -0.3 is 5.11 Å². The predicted octanol–water partition coefficient (Wildman–Crippen LogP) is 0.241. The molecule has 0 bridgehead atoms. The number of nitrogens with zero attached hydrogens (tertiary/aromatic N) is 1. The largest absolute Gasteiger partial charge is 0.396 e. The molecule has 0 atom stereocenters. The molecule has 3 N–H and O–H groups in total. The summed E-state index contributed by atoms with van der Waals surface area (Å²) in [6.45, 7) is 0.604. The Hall–Kier alpha value is -0.920. The van der Waals surface area contributed by atoms with E-state index in [0.717, 1.165) is 25.7 Å². The van der Waals surface area contributed by atoms with Gasteiger partial charge in [0.25, 0.3) is 10.0 Å². The molecule has 0 saturated carbocycles. The van der Waals surface area contributed by atoms with Gasteiger partial charge in [0.15, 0.2) is 5.03 Å². The van der Waals surface area contributed by atoms with Crippen LogP contribution in [0.4, 0.5) is 0 Å². The molecule has 0 aliphatic rings. The molecule has 1 aromatic rings. The normalized spacial score (nSPS) is 11.8. The van der Waals surface area contributed by atoms with E-state index in [1.54, 1.807) is 0 Å². The van der Waals surface area contributed by atoms with Crippen molar-refractivity contribution in [3.8, 4) is 0 Å². The molecule has 1 rings (SSSR count). The minimum absolute atomic E-state index is 0.0860. The maximum atomic E-state index is 11.6. The first kappa shape index (κ1) is 13.1. The highest BCUT2D eigenvalue weighted by atomic mass is 32.2. The summed E-state index contributed by atoms with van der Waals surface area (Å²) in [5.41, 5.74) is 0. The van der Waals surface area contributed by atoms with Crippen LogP contribution in [0, 0.1) is 0 Å². The van der Waals surface area contributed by atoms with Crippen LogP contribution >= 0.6 is 0 Å². The molecule has 0 aliphatic heterocycles. The Labute approximate surface area is 95.1 Å². The maximum Gasteiger partial charge on any atom is 0.257 e. The Morgan fingerprint density at radius 3 is 2.69 bits per heavy atom. The fourth-order valence-electron chi connectivity index (χ4n) is 1.27. The van der Waals surface area contributed by atoms with Crippen LogP contribution in [0.5, 0.6) is 0 Å². The van der Waals surface area contributed by atoms with E-state index in [-0.39, 0.29) is 11.6 Å². The zero-order valence-corrected chi connectivity index (χ0v) is 9.83. The maximum absolute atomic E-state index is 11.6. The highest BCUT2D eigenvalue weighted by Gasteiger charge is 2.13. The van der Waals surface area contributed by atoms with Gasteiger partial charge in [-0.15, -0.1) is 0 Å². The average molecular weight is 247 g/mol. The summed E-state index contributed by atoms with van der Waals surface area (Å²) in [7, 11) is -3.43. The van der Waals surface area contributed by atoms with Gasteiger partial charge in [0.1, 0.15) is 0 Å². The van der Waals surface area contributed by atoms with E-state index < -0.39 is 10.0 Å². The summed E-state index contributed by atoms with van der Waals surface area (Å²) in [6, 6.07) is 1.41. The van der Waals surface area contributed by atoms with Crippen LogP contribution in [-0.4, -0.2) is 36.9 Å². The van der Waals surface area contributed by atoms with Crippen LogP contribution < -0.4 is 4.72 Å². The van der Waals surface area contributed by atoms with Gasteiger partial charge in [-0.2, -0.15) is 5.10 Å². The van der Waals surface area contributed by atoms with Gasteiger partial charge in [-0.25, -0.2) is 13.1 Å². The second-order valence-corrected chi connectivity index (χ2v) is 5.19. The van der Waals surface area contributed by atoms with E-state index in [2.05, 4.69) is 14.9 Å². The highest BCUT2D eigenvalue weighted by molar-refractivity contribution is 7.89. The third-order valence-corrected chi connectivity index (χ3v) is 3.53. The van der Waals surface area contributed by atoms with Crippen molar-refractivity contribution in [2.45, 2.75) is 30.7 Å². The molecule has 7 heteroatoms. The lowest BCUT2D eigenvalue weighted by Gasteiger charge is -2.04. The molecular weight excluding hydrogens is 230 g/mol. The second-order valence-electron chi connectivity index (χ2n) is 3.46. The SMILES string of the molecule is O=S(=O)(NCCCCCCO)c1ccn[nH]1. The summed E-state index contributed by atoms with van der Waals surface area (Å²) in [4.78, 5) is 0. The molecule has 0 aromatic carbocycles. The number of hydrogen-bond acceptors (Lipinski definition) is 4. The van der Waals surface area contributed by atoms with E-state index in [4.69, 9.17) is 5.11 Å². The fourth-order valence-corrected chi connectivity index (χ4v) is 2.25. The third-order valence-electron chi connectivity index (χ3n) is 2.14. The smallest absolute Gasteiger partial charge is 0.257 e. The molecule has 0 fully saturated rings. The number of nitrogens with one attached hydrogen (secondary N) is 2. The van der Waals surface area contributed by atoms with Crippen LogP contribution in [0.25, 0.3) is 0 Å². The molecule has 0 spiro atoms. The van der Waals surface area contributed by atoms with Crippen LogP contribution in [-0.2, 0) is 10.0 Å². The lowest BCUT2D eigenvalue weighted by molar-refractivity contribution is 0.282. The van der Waals surface area contributed by atoms with Crippen molar-refractivity contribution >= 4 is 10.0 Å². The Balaban J connectivity index is 2.22. The lowest BCUT2D eigenvalue weighted by atomic mass is 10.2. The first-order valence-electron chi connectivity index (χ1n) is 5.27. The lowest BCUT2D eigenvalue weighted by Crippen LogP contribution is -2.25. The molecule has 0 unspecified atom stereocenters. The van der Waals surface area contributed by atoms with Gasteiger partial charge >= 0.3 is 0 Å². The number of hydrogen-bond donors (Lipinski definition) is 3. The summed E-state index contributed by atoms with van der Waals surface area (Å²) in [5, 5.41) is 14.6. The third kappa shape index (κ3) is 4.30. The quantitative estimate of drug-likeness (QED) is 0.573. The van der Waals surface area contributed by atoms with Crippen LogP contribution in [0.2, 0.25) is 0 Å². The standard InChI is InChI=1S/C9H17N3O3S/c13-8-4-2-1-3-6-11-16(14,15)9-5-7-10-12-9/h5,7,11,13H,1-4,6,8H2,(H,10,12). The van der Waals surface area contributed by atoms with Gasteiger partial charge in [0.05, 0.1) is 6.20 Å². The van der Waals surface area contributed by atoms with Crippen molar-refractivity contribution in [3.05, 3.63) is 12.3 Å². The van der Waals surface area contributed by atoms with Gasteiger partial charge in [-0.3, -0.25) is 5.10 Å². The number of rotatable bonds is 8. The first-order chi connectivity index (χ1) is 7.67. The summed E-state index contributed by atoms with van der Waals surface area (Å²) < 4.78 is 25.6. The minimum Gasteiger partial charge on any atom is -0.396 e. The summed E-state index contributed by atoms with van der Waals surface area (Å²) >= 11 is 0. The van der Waals surface area contributed by atoms with Gasteiger partial charge in [0, 0.05) is 13.2 Å². The molecular formula is C9H17N3O3S. The minimum atomic E-state index is -3.43. The summed E-state index contributed by atoms with van der Waals surface area (Å²) in [6.07, 6.45) is 4.77. The van der Waals surface area contributed by atoms with Crippen molar-refractivity contribution in [2.75, 3.05) is 13.2 Å². The van der Waals surface area contributed by atoms with Gasteiger partial charge in [-0.1, -0.05) is 12.8 Å². The zero-order valence-electron chi connectivity index (χ0n) is 9.02. The second kappa shape index (κ2) is 6.62. The topological polar surface area (TPSA) is 95.1 Å². The van der Waals surface area contributed by atoms with E-state index in [1.165, 1.54) is 12.3 Å². The van der Waals surface area contributed by atoms with Crippen molar-refractivity contribution in [2.24, 2.45) is 0 Å². The van der Waals surface area contributed by atoms with E-state index in [1.807, 2.05) is 0 Å². The van der Waals surface area contributed by atoms with Crippen LogP contribution in [0.1, 0.15) is 25.7 Å². The fraction of sp³-hybridized carbons (Fsp3) is 0.667. The Morgan fingerprint density at radius 2 is 2.06 bits per heavy atom. The average Bonchev–Trinajstić information content (AvgIpc) is 2.77. The number of aliphatic hydroxyl groups excluding tert-OH is 1. The Kier molecular flexibility index (Phi) is 5.44. The van der Waals surface area contributed by atoms with Crippen molar-refractivity contribution in [1.82, 2.24) is 14.9 Å². The molecule has 0 aliphatic carbocycles. The summed E-state index contributed by atoms with van der Waals surface area (Å²) in [5.74, 6) is 0. The highest BCUT2D eigenvalue weighted by Crippen LogP contribution is 2.03. The molecule has 6 nitrogen and oxygen atoms in total. The molecule has 1 heterocycles. The number of unbranched alkanes of at least 4 members (excludes halogenated alkanes) is 3. The predicted molar refractivity (Wildman–Crippen MR) is 59.3 cm³/mol. The van der Waals surface area contributed by atoms with Gasteiger partial charge in [-0.05, 0) is 18.9 Å². The monoisotopic (exact) mass is 247 g/mol. The number of aliphatic hydroxyl groups is 1. The zero-order chi connectivity index (χ0) is 11.9. The van der Waals surface area contributed by atoms with E-state index in [0.29, 0.717) is 6.54 Å². The molecule has 1 aromatic heterocycles. The number of aromatic nitrogens is 2. The molecule has 16 heavy (non-hydrogen) atoms. The van der Waals surface area contributed by atoms with E-state index in [9.17, 15) is 8.42 Å².